The van der Waals surface area contributed by atoms with Crippen LogP contribution in [0.2, 0.25) is 0 Å². The van der Waals surface area contributed by atoms with E-state index in [1.165, 1.54) is 0 Å². The van der Waals surface area contributed by atoms with Gasteiger partial charge in [0, 0.05) is 24.3 Å². The minimum Gasteiger partial charge on any atom is -0.399 e. The van der Waals surface area contributed by atoms with E-state index in [1.54, 1.807) is 35.2 Å². The Hall–Kier alpha value is -4.28. The van der Waals surface area contributed by atoms with E-state index in [1.807, 2.05) is 6.92 Å². The molecule has 1 atom stereocenters. The molecule has 1 aromatic carbocycles. The van der Waals surface area contributed by atoms with Gasteiger partial charge in [-0.3, -0.25) is 9.59 Å². The first-order chi connectivity index (χ1) is 17.4. The Labute approximate surface area is 210 Å². The van der Waals surface area contributed by atoms with Crippen molar-refractivity contribution in [3.05, 3.63) is 46.6 Å². The number of aromatic nitrogens is 4. The average Bonchev–Trinajstić information content (AvgIpc) is 3.54. The zero-order valence-electron chi connectivity index (χ0n) is 19.3. The maximum absolute atomic E-state index is 13.1. The van der Waals surface area contributed by atoms with Gasteiger partial charge in [-0.25, -0.2) is 4.79 Å². The van der Waals surface area contributed by atoms with Crippen molar-refractivity contribution in [3.63, 3.8) is 0 Å². The van der Waals surface area contributed by atoms with Gasteiger partial charge in [-0.1, -0.05) is 22.5 Å². The van der Waals surface area contributed by atoms with Crippen LogP contribution in [0, 0.1) is 19.3 Å². The number of thiophene rings is 1. The van der Waals surface area contributed by atoms with E-state index in [2.05, 4.69) is 37.2 Å². The van der Waals surface area contributed by atoms with E-state index in [0.717, 1.165) is 22.6 Å². The van der Waals surface area contributed by atoms with Crippen LogP contribution in [0.1, 0.15) is 22.7 Å². The average molecular weight is 510 g/mol. The first-order valence-corrected chi connectivity index (χ1v) is 11.8. The Balaban J connectivity index is 1.44. The fourth-order valence-corrected chi connectivity index (χ4v) is 4.25. The molecule has 0 radical (unpaired) electrons. The highest BCUT2D eigenvalue weighted by molar-refractivity contribution is 7.14. The number of terminal acetylenes is 1. The van der Waals surface area contributed by atoms with Gasteiger partial charge >= 0.3 is 6.09 Å². The van der Waals surface area contributed by atoms with Crippen LogP contribution in [0.3, 0.4) is 0 Å². The Morgan fingerprint density at radius 2 is 2.22 bits per heavy atom. The van der Waals surface area contributed by atoms with Crippen molar-refractivity contribution in [1.29, 1.82) is 0 Å². The van der Waals surface area contributed by atoms with Gasteiger partial charge in [0.1, 0.15) is 12.6 Å². The number of anilines is 2. The van der Waals surface area contributed by atoms with Crippen molar-refractivity contribution in [2.75, 3.05) is 30.0 Å². The predicted octanol–water partition coefficient (Wildman–Crippen LogP) is 1.64. The number of carbonyl (C=O) groups is 3. The van der Waals surface area contributed by atoms with E-state index in [9.17, 15) is 14.4 Å². The summed E-state index contributed by atoms with van der Waals surface area (Å²) in [4.78, 5) is 40.0. The second-order valence-electron chi connectivity index (χ2n) is 7.80. The van der Waals surface area contributed by atoms with Crippen LogP contribution < -0.4 is 20.3 Å². The first kappa shape index (κ1) is 24.8. The number of hydrogen-bond acceptors (Lipinski definition) is 9. The van der Waals surface area contributed by atoms with Crippen LogP contribution in [0.5, 0.6) is 5.06 Å². The normalized spacial score (nSPS) is 14.1. The summed E-state index contributed by atoms with van der Waals surface area (Å²) < 4.78 is 10.5. The first-order valence-electron chi connectivity index (χ1n) is 11.0. The van der Waals surface area contributed by atoms with Crippen LogP contribution >= 0.6 is 11.3 Å². The van der Waals surface area contributed by atoms with Gasteiger partial charge in [-0.2, -0.15) is 5.21 Å². The molecule has 0 aliphatic carbocycles. The molecule has 0 bridgehead atoms. The molecule has 186 valence electrons. The lowest BCUT2D eigenvalue weighted by atomic mass is 10.1. The highest BCUT2D eigenvalue weighted by Crippen LogP contribution is 2.26. The highest BCUT2D eigenvalue weighted by Gasteiger charge is 2.25. The standard InChI is InChI=1S/C23H23N7O5S/c1-3-16-5-9-21(36-16)35-23(33)25-17(6-8-19-26-28-29-27-19)22(32)24-15-4-7-18(14(2)12-15)30-10-11-34-13-20(30)31/h1,4-5,7,9,12,17H,6,8,10-11,13H2,2H3,(H,24,32)(H,25,33)(H,26,27,28,29). The fraction of sp³-hybridized carbons (Fsp3) is 0.304. The Bertz CT molecular complexity index is 1280. The van der Waals surface area contributed by atoms with Crippen molar-refractivity contribution >= 4 is 40.6 Å². The molecule has 1 unspecified atom stereocenters. The van der Waals surface area contributed by atoms with E-state index in [4.69, 9.17) is 15.9 Å². The quantitative estimate of drug-likeness (QED) is 0.388. The summed E-state index contributed by atoms with van der Waals surface area (Å²) in [5, 5.41) is 19.3. The molecule has 1 saturated heterocycles. The number of ether oxygens (including phenoxy) is 2. The van der Waals surface area contributed by atoms with Crippen LogP contribution in [0.25, 0.3) is 0 Å². The van der Waals surface area contributed by atoms with Crippen LogP contribution in [-0.2, 0) is 20.7 Å². The number of amides is 3. The zero-order valence-corrected chi connectivity index (χ0v) is 20.1. The minimum absolute atomic E-state index is 0.0390. The molecule has 36 heavy (non-hydrogen) atoms. The number of morpholine rings is 1. The lowest BCUT2D eigenvalue weighted by molar-refractivity contribution is -0.125. The third kappa shape index (κ3) is 6.23. The number of hydrogen-bond donors (Lipinski definition) is 3. The van der Waals surface area contributed by atoms with Crippen molar-refractivity contribution in [2.24, 2.45) is 0 Å². The van der Waals surface area contributed by atoms with E-state index in [0.29, 0.717) is 34.6 Å². The van der Waals surface area contributed by atoms with Gasteiger partial charge in [-0.05, 0) is 49.2 Å². The van der Waals surface area contributed by atoms with Gasteiger partial charge in [-0.15, -0.1) is 16.6 Å². The van der Waals surface area contributed by atoms with Crippen LogP contribution in [-0.4, -0.2) is 64.3 Å². The van der Waals surface area contributed by atoms with Crippen LogP contribution in [0.4, 0.5) is 16.2 Å². The second kappa shape index (κ2) is 11.4. The topological polar surface area (TPSA) is 151 Å². The smallest absolute Gasteiger partial charge is 0.399 e. The van der Waals surface area contributed by atoms with Crippen molar-refractivity contribution < 1.29 is 23.9 Å². The molecular weight excluding hydrogens is 486 g/mol. The summed E-state index contributed by atoms with van der Waals surface area (Å²) in [6.45, 7) is 2.81. The monoisotopic (exact) mass is 509 g/mol. The summed E-state index contributed by atoms with van der Waals surface area (Å²) in [6.07, 6.45) is 5.03. The summed E-state index contributed by atoms with van der Waals surface area (Å²) in [7, 11) is 0. The molecule has 0 saturated carbocycles. The van der Waals surface area contributed by atoms with Gasteiger partial charge in [0.05, 0.1) is 11.5 Å². The second-order valence-corrected chi connectivity index (χ2v) is 8.85. The molecule has 3 N–H and O–H groups in total. The maximum atomic E-state index is 13.1. The lowest BCUT2D eigenvalue weighted by Crippen LogP contribution is -2.45. The number of tetrazole rings is 1. The molecule has 0 spiro atoms. The summed E-state index contributed by atoms with van der Waals surface area (Å²) in [6, 6.07) is 7.51. The molecule has 1 aliphatic heterocycles. The van der Waals surface area contributed by atoms with Crippen molar-refractivity contribution in [2.45, 2.75) is 25.8 Å². The maximum Gasteiger partial charge on any atom is 0.414 e. The van der Waals surface area contributed by atoms with E-state index < -0.39 is 18.0 Å². The molecule has 2 aromatic heterocycles. The number of benzene rings is 1. The zero-order chi connectivity index (χ0) is 25.5. The molecule has 1 fully saturated rings. The van der Waals surface area contributed by atoms with Gasteiger partial charge in [0.15, 0.2) is 10.9 Å². The van der Waals surface area contributed by atoms with Gasteiger partial charge < -0.3 is 25.0 Å². The summed E-state index contributed by atoms with van der Waals surface area (Å²) >= 11 is 1.14. The number of aryl methyl sites for hydroxylation is 2. The molecule has 1 aliphatic rings. The number of nitrogens with zero attached hydrogens (tertiary/aromatic N) is 4. The van der Waals surface area contributed by atoms with E-state index >= 15 is 0 Å². The SMILES string of the molecule is C#Cc1ccc(OC(=O)NC(CCc2nn[nH]n2)C(=O)Nc2ccc(N3CCOCC3=O)c(C)c2)s1. The van der Waals surface area contributed by atoms with Gasteiger partial charge in [0.25, 0.3) is 5.91 Å². The number of nitrogens with one attached hydrogen (secondary N) is 3. The number of rotatable bonds is 8. The highest BCUT2D eigenvalue weighted by atomic mass is 32.1. The molecule has 3 amide bonds. The number of aromatic amines is 1. The molecule has 3 heterocycles. The Morgan fingerprint density at radius 1 is 1.36 bits per heavy atom. The molecule has 12 nitrogen and oxygen atoms in total. The van der Waals surface area contributed by atoms with Crippen molar-refractivity contribution in [3.8, 4) is 17.4 Å². The lowest BCUT2D eigenvalue weighted by Gasteiger charge is -2.28. The minimum atomic E-state index is -0.955. The third-order valence-corrected chi connectivity index (χ3v) is 6.21. The molecule has 4 rings (SSSR count). The van der Waals surface area contributed by atoms with E-state index in [-0.39, 0.29) is 25.4 Å². The molecule has 3 aromatic rings. The summed E-state index contributed by atoms with van der Waals surface area (Å²) in [5.41, 5.74) is 2.07. The molecule has 13 heteroatoms. The van der Waals surface area contributed by atoms with Crippen molar-refractivity contribution in [1.82, 2.24) is 25.9 Å². The fourth-order valence-electron chi connectivity index (χ4n) is 3.58. The molecular formula is C23H23N7O5S. The third-order valence-electron chi connectivity index (χ3n) is 5.31. The summed E-state index contributed by atoms with van der Waals surface area (Å²) in [5.74, 6) is 2.29. The van der Waals surface area contributed by atoms with Crippen LogP contribution in [0.15, 0.2) is 30.3 Å². The Kier molecular flexibility index (Phi) is 7.89. The predicted molar refractivity (Wildman–Crippen MR) is 131 cm³/mol. The Morgan fingerprint density at radius 3 is 2.92 bits per heavy atom. The number of H-pyrrole nitrogens is 1. The van der Waals surface area contributed by atoms with Gasteiger partial charge in [0.2, 0.25) is 5.91 Å². The number of carbonyl (C=O) groups excluding carboxylic acids is 3. The largest absolute Gasteiger partial charge is 0.414 e.